The Labute approximate surface area is 166 Å². The number of fused-ring (bicyclic) bond motifs is 1. The van der Waals surface area contributed by atoms with E-state index in [9.17, 15) is 9.90 Å². The molecule has 0 aromatic heterocycles. The maximum atomic E-state index is 12.7. The largest absolute Gasteiger partial charge is 0.390 e. The van der Waals surface area contributed by atoms with Crippen molar-refractivity contribution < 1.29 is 9.90 Å². The minimum Gasteiger partial charge on any atom is -0.390 e. The number of β-amino-alcohol motifs (C(OH)–C–C–N with tert-alkyl or cyclic N) is 1. The fourth-order valence-corrected chi connectivity index (χ4v) is 4.34. The Hall–Kier alpha value is -2.21. The topological polar surface area (TPSA) is 64.6 Å². The maximum Gasteiger partial charge on any atom is 0.251 e. The summed E-state index contributed by atoms with van der Waals surface area (Å²) in [6.07, 6.45) is 2.63. The number of aliphatic hydroxyl groups excluding tert-OH is 1. The lowest BCUT2D eigenvalue weighted by Gasteiger charge is -2.30. The first-order chi connectivity index (χ1) is 13.7. The Kier molecular flexibility index (Phi) is 6.05. The van der Waals surface area contributed by atoms with E-state index in [1.165, 1.54) is 11.1 Å². The zero-order valence-electron chi connectivity index (χ0n) is 16.2. The van der Waals surface area contributed by atoms with Crippen molar-refractivity contribution in [1.29, 1.82) is 0 Å². The van der Waals surface area contributed by atoms with Gasteiger partial charge in [-0.3, -0.25) is 9.69 Å². The minimum absolute atomic E-state index is 0.104. The van der Waals surface area contributed by atoms with Gasteiger partial charge in [0.25, 0.3) is 5.91 Å². The normalized spacial score (nSPS) is 20.5. The summed E-state index contributed by atoms with van der Waals surface area (Å²) in [6, 6.07) is 16.5. The van der Waals surface area contributed by atoms with E-state index in [2.05, 4.69) is 39.8 Å². The molecular formula is C23H29N3O2. The van der Waals surface area contributed by atoms with E-state index in [1.807, 2.05) is 24.3 Å². The highest BCUT2D eigenvalue weighted by Gasteiger charge is 2.23. The Bertz CT molecular complexity index is 817. The van der Waals surface area contributed by atoms with Crippen molar-refractivity contribution in [2.75, 3.05) is 26.2 Å². The quantitative estimate of drug-likeness (QED) is 0.720. The standard InChI is InChI=1S/C23H29N3O2/c27-19(16-26-13-11-17-6-1-2-7-18(17)15-26)14-25-23(28)21-9-4-3-8-20(21)22-10-5-12-24-22/h1-4,6-9,19,22,24,27H,5,10-16H2,(H,25,28). The summed E-state index contributed by atoms with van der Waals surface area (Å²) in [6.45, 7) is 3.64. The van der Waals surface area contributed by atoms with Crippen LogP contribution < -0.4 is 10.6 Å². The van der Waals surface area contributed by atoms with E-state index in [1.54, 1.807) is 0 Å². The molecule has 2 unspecified atom stereocenters. The van der Waals surface area contributed by atoms with Gasteiger partial charge in [-0.15, -0.1) is 0 Å². The molecule has 0 bridgehead atoms. The number of nitrogens with one attached hydrogen (secondary N) is 2. The molecule has 1 saturated heterocycles. The average molecular weight is 380 g/mol. The van der Waals surface area contributed by atoms with Crippen molar-refractivity contribution in [2.24, 2.45) is 0 Å². The average Bonchev–Trinajstić information content (AvgIpc) is 3.27. The number of aliphatic hydroxyl groups is 1. The molecule has 28 heavy (non-hydrogen) atoms. The lowest BCUT2D eigenvalue weighted by molar-refractivity contribution is 0.0840. The van der Waals surface area contributed by atoms with Gasteiger partial charge in [-0.25, -0.2) is 0 Å². The molecule has 148 valence electrons. The van der Waals surface area contributed by atoms with Crippen LogP contribution >= 0.6 is 0 Å². The molecule has 0 saturated carbocycles. The maximum absolute atomic E-state index is 12.7. The van der Waals surface area contributed by atoms with Crippen LogP contribution in [-0.2, 0) is 13.0 Å². The molecule has 2 heterocycles. The Balaban J connectivity index is 1.31. The third kappa shape index (κ3) is 4.43. The molecule has 0 aliphatic carbocycles. The van der Waals surface area contributed by atoms with Gasteiger partial charge < -0.3 is 15.7 Å². The van der Waals surface area contributed by atoms with Gasteiger partial charge in [-0.1, -0.05) is 42.5 Å². The first-order valence-electron chi connectivity index (χ1n) is 10.3. The van der Waals surface area contributed by atoms with Gasteiger partial charge in [0.05, 0.1) is 6.10 Å². The fourth-order valence-electron chi connectivity index (χ4n) is 4.34. The third-order valence-corrected chi connectivity index (χ3v) is 5.82. The Morgan fingerprint density at radius 2 is 1.96 bits per heavy atom. The summed E-state index contributed by atoms with van der Waals surface area (Å²) in [5.74, 6) is -0.104. The van der Waals surface area contributed by atoms with Gasteiger partial charge >= 0.3 is 0 Å². The van der Waals surface area contributed by atoms with Gasteiger partial charge in [-0.2, -0.15) is 0 Å². The van der Waals surface area contributed by atoms with Crippen molar-refractivity contribution in [1.82, 2.24) is 15.5 Å². The van der Waals surface area contributed by atoms with Crippen LogP contribution in [0, 0.1) is 0 Å². The summed E-state index contributed by atoms with van der Waals surface area (Å²) >= 11 is 0. The van der Waals surface area contributed by atoms with E-state index in [0.29, 0.717) is 12.1 Å². The highest BCUT2D eigenvalue weighted by molar-refractivity contribution is 5.95. The predicted molar refractivity (Wildman–Crippen MR) is 110 cm³/mol. The molecule has 5 nitrogen and oxygen atoms in total. The molecule has 2 aromatic rings. The zero-order chi connectivity index (χ0) is 19.3. The molecule has 4 rings (SSSR count). The van der Waals surface area contributed by atoms with Crippen LogP contribution in [0.5, 0.6) is 0 Å². The van der Waals surface area contributed by atoms with Gasteiger partial charge in [0.2, 0.25) is 0 Å². The Morgan fingerprint density at radius 1 is 1.18 bits per heavy atom. The van der Waals surface area contributed by atoms with Gasteiger partial charge in [0, 0.05) is 37.8 Å². The van der Waals surface area contributed by atoms with Crippen LogP contribution in [-0.4, -0.2) is 48.2 Å². The number of benzene rings is 2. The number of nitrogens with zero attached hydrogens (tertiary/aromatic N) is 1. The summed E-state index contributed by atoms with van der Waals surface area (Å²) in [5, 5.41) is 16.8. The second kappa shape index (κ2) is 8.86. The van der Waals surface area contributed by atoms with Crippen molar-refractivity contribution in [3.05, 3.63) is 70.8 Å². The molecule has 2 aliphatic heterocycles. The summed E-state index contributed by atoms with van der Waals surface area (Å²) in [5.41, 5.74) is 4.50. The number of carbonyl (C=O) groups excluding carboxylic acids is 1. The second-order valence-corrected chi connectivity index (χ2v) is 7.85. The predicted octanol–water partition coefficient (Wildman–Crippen LogP) is 2.26. The van der Waals surface area contributed by atoms with E-state index in [0.717, 1.165) is 44.5 Å². The number of carbonyl (C=O) groups is 1. The van der Waals surface area contributed by atoms with Crippen molar-refractivity contribution in [2.45, 2.75) is 38.0 Å². The van der Waals surface area contributed by atoms with Crippen molar-refractivity contribution >= 4 is 5.91 Å². The van der Waals surface area contributed by atoms with Gasteiger partial charge in [0.15, 0.2) is 0 Å². The monoisotopic (exact) mass is 379 g/mol. The highest BCUT2D eigenvalue weighted by Crippen LogP contribution is 2.26. The highest BCUT2D eigenvalue weighted by atomic mass is 16.3. The lowest BCUT2D eigenvalue weighted by Crippen LogP contribution is -2.42. The van der Waals surface area contributed by atoms with E-state index >= 15 is 0 Å². The first kappa shape index (κ1) is 19.1. The summed E-state index contributed by atoms with van der Waals surface area (Å²) in [4.78, 5) is 15.0. The van der Waals surface area contributed by atoms with Gasteiger partial charge in [0.1, 0.15) is 0 Å². The molecule has 1 amide bonds. The SMILES string of the molecule is O=C(NCC(O)CN1CCc2ccccc2C1)c1ccccc1C1CCCN1. The van der Waals surface area contributed by atoms with Gasteiger partial charge in [-0.05, 0) is 48.6 Å². The van der Waals surface area contributed by atoms with Crippen LogP contribution in [0.1, 0.15) is 45.9 Å². The van der Waals surface area contributed by atoms with E-state index < -0.39 is 6.10 Å². The van der Waals surface area contributed by atoms with Crippen LogP contribution in [0.4, 0.5) is 0 Å². The smallest absolute Gasteiger partial charge is 0.251 e. The third-order valence-electron chi connectivity index (χ3n) is 5.82. The van der Waals surface area contributed by atoms with Crippen LogP contribution in [0.25, 0.3) is 0 Å². The fraction of sp³-hybridized carbons (Fsp3) is 0.435. The van der Waals surface area contributed by atoms with Crippen molar-refractivity contribution in [3.63, 3.8) is 0 Å². The van der Waals surface area contributed by atoms with Crippen LogP contribution in [0.3, 0.4) is 0 Å². The lowest BCUT2D eigenvalue weighted by atomic mass is 9.98. The number of amides is 1. The molecule has 3 N–H and O–H groups in total. The molecule has 2 aromatic carbocycles. The van der Waals surface area contributed by atoms with E-state index in [-0.39, 0.29) is 18.5 Å². The zero-order valence-corrected chi connectivity index (χ0v) is 16.2. The molecule has 5 heteroatoms. The number of hydrogen-bond donors (Lipinski definition) is 3. The number of rotatable bonds is 6. The molecular weight excluding hydrogens is 350 g/mol. The Morgan fingerprint density at radius 3 is 2.79 bits per heavy atom. The van der Waals surface area contributed by atoms with Crippen LogP contribution in [0.2, 0.25) is 0 Å². The van der Waals surface area contributed by atoms with E-state index in [4.69, 9.17) is 0 Å². The molecule has 0 radical (unpaired) electrons. The number of hydrogen-bond acceptors (Lipinski definition) is 4. The summed E-state index contributed by atoms with van der Waals surface area (Å²) in [7, 11) is 0. The molecule has 2 aliphatic rings. The molecule has 1 fully saturated rings. The minimum atomic E-state index is -0.578. The molecule has 0 spiro atoms. The van der Waals surface area contributed by atoms with Crippen LogP contribution in [0.15, 0.2) is 48.5 Å². The second-order valence-electron chi connectivity index (χ2n) is 7.85. The molecule has 2 atom stereocenters. The summed E-state index contributed by atoms with van der Waals surface area (Å²) < 4.78 is 0. The first-order valence-corrected chi connectivity index (χ1v) is 10.3. The van der Waals surface area contributed by atoms with Crippen molar-refractivity contribution in [3.8, 4) is 0 Å².